The van der Waals surface area contributed by atoms with Crippen LogP contribution in [-0.4, -0.2) is 36.6 Å². The second-order valence-electron chi connectivity index (χ2n) is 7.16. The molecule has 2 nitrogen and oxygen atoms in total. The number of rotatable bonds is 5. The Balaban J connectivity index is 1.88. The summed E-state index contributed by atoms with van der Waals surface area (Å²) in [6.07, 6.45) is 5.66. The summed E-state index contributed by atoms with van der Waals surface area (Å²) in [6.45, 7) is 13.1. The van der Waals surface area contributed by atoms with Crippen molar-refractivity contribution in [2.24, 2.45) is 11.3 Å². The number of hydrogen-bond acceptors (Lipinski definition) is 2. The standard InChI is InChI=1S/C15H30N2/c1-5-8-16-14(15(2,3)4)11-17-10-12-6-7-13(17)9-12/h12-14,16H,5-11H2,1-4H3. The second kappa shape index (κ2) is 5.27. The van der Waals surface area contributed by atoms with Crippen molar-refractivity contribution < 1.29 is 0 Å². The fourth-order valence-electron chi connectivity index (χ4n) is 3.45. The van der Waals surface area contributed by atoms with Crippen molar-refractivity contribution in [3.05, 3.63) is 0 Å². The van der Waals surface area contributed by atoms with Gasteiger partial charge in [0.2, 0.25) is 0 Å². The highest BCUT2D eigenvalue weighted by Gasteiger charge is 2.39. The molecule has 0 aromatic heterocycles. The highest BCUT2D eigenvalue weighted by atomic mass is 15.2. The summed E-state index contributed by atoms with van der Waals surface area (Å²) in [6, 6.07) is 1.55. The first-order chi connectivity index (χ1) is 8.00. The third-order valence-corrected chi connectivity index (χ3v) is 4.63. The fourth-order valence-corrected chi connectivity index (χ4v) is 3.45. The van der Waals surface area contributed by atoms with Crippen LogP contribution in [0.15, 0.2) is 0 Å². The Kier molecular flexibility index (Phi) is 4.14. The van der Waals surface area contributed by atoms with Gasteiger partial charge in [-0.25, -0.2) is 0 Å². The van der Waals surface area contributed by atoms with Gasteiger partial charge in [-0.3, -0.25) is 4.90 Å². The Morgan fingerprint density at radius 2 is 2.06 bits per heavy atom. The smallest absolute Gasteiger partial charge is 0.0243 e. The average molecular weight is 238 g/mol. The van der Waals surface area contributed by atoms with Crippen LogP contribution in [0, 0.1) is 11.3 Å². The minimum absolute atomic E-state index is 0.372. The highest BCUT2D eigenvalue weighted by molar-refractivity contribution is 4.95. The van der Waals surface area contributed by atoms with E-state index in [0.717, 1.165) is 18.5 Å². The topological polar surface area (TPSA) is 15.3 Å². The van der Waals surface area contributed by atoms with Gasteiger partial charge < -0.3 is 5.32 Å². The Bertz CT molecular complexity index is 244. The predicted molar refractivity (Wildman–Crippen MR) is 74.2 cm³/mol. The van der Waals surface area contributed by atoms with Crippen LogP contribution in [-0.2, 0) is 0 Å². The average Bonchev–Trinajstić information content (AvgIpc) is 2.83. The van der Waals surface area contributed by atoms with E-state index in [1.165, 1.54) is 38.8 Å². The van der Waals surface area contributed by atoms with Crippen molar-refractivity contribution in [3.8, 4) is 0 Å². The van der Waals surface area contributed by atoms with E-state index in [2.05, 4.69) is 37.9 Å². The van der Waals surface area contributed by atoms with Crippen LogP contribution in [0.2, 0.25) is 0 Å². The van der Waals surface area contributed by atoms with Gasteiger partial charge in [0, 0.05) is 25.2 Å². The molecule has 2 heteroatoms. The van der Waals surface area contributed by atoms with Crippen molar-refractivity contribution >= 4 is 0 Å². The van der Waals surface area contributed by atoms with Gasteiger partial charge in [-0.05, 0) is 43.6 Å². The van der Waals surface area contributed by atoms with E-state index < -0.39 is 0 Å². The van der Waals surface area contributed by atoms with E-state index in [0.29, 0.717) is 11.5 Å². The number of nitrogens with one attached hydrogen (secondary N) is 1. The van der Waals surface area contributed by atoms with Gasteiger partial charge >= 0.3 is 0 Å². The summed E-state index contributed by atoms with van der Waals surface area (Å²) < 4.78 is 0. The minimum Gasteiger partial charge on any atom is -0.312 e. The van der Waals surface area contributed by atoms with Gasteiger partial charge in [0.1, 0.15) is 0 Å². The molecule has 1 heterocycles. The monoisotopic (exact) mass is 238 g/mol. The molecule has 100 valence electrons. The van der Waals surface area contributed by atoms with Crippen LogP contribution in [0.25, 0.3) is 0 Å². The lowest BCUT2D eigenvalue weighted by Gasteiger charge is -2.37. The number of hydrogen-bond donors (Lipinski definition) is 1. The zero-order valence-corrected chi connectivity index (χ0v) is 12.1. The maximum absolute atomic E-state index is 3.75. The first kappa shape index (κ1) is 13.4. The van der Waals surface area contributed by atoms with Crippen molar-refractivity contribution in [2.45, 2.75) is 65.5 Å². The van der Waals surface area contributed by atoms with Crippen molar-refractivity contribution in [1.29, 1.82) is 0 Å². The van der Waals surface area contributed by atoms with Crippen LogP contribution in [0.4, 0.5) is 0 Å². The van der Waals surface area contributed by atoms with Crippen molar-refractivity contribution in [1.82, 2.24) is 10.2 Å². The molecule has 1 N–H and O–H groups in total. The maximum atomic E-state index is 3.75. The normalized spacial score (nSPS) is 31.1. The zero-order valence-electron chi connectivity index (χ0n) is 12.1. The minimum atomic E-state index is 0.372. The van der Waals surface area contributed by atoms with Gasteiger partial charge in [0.25, 0.3) is 0 Å². The molecule has 1 saturated carbocycles. The fraction of sp³-hybridized carbons (Fsp3) is 1.00. The van der Waals surface area contributed by atoms with E-state index in [9.17, 15) is 0 Å². The van der Waals surface area contributed by atoms with Gasteiger partial charge in [0.15, 0.2) is 0 Å². The first-order valence-electron chi connectivity index (χ1n) is 7.48. The molecule has 3 atom stereocenters. The van der Waals surface area contributed by atoms with Crippen LogP contribution >= 0.6 is 0 Å². The number of fused-ring (bicyclic) bond motifs is 2. The van der Waals surface area contributed by atoms with Crippen LogP contribution in [0.3, 0.4) is 0 Å². The van der Waals surface area contributed by atoms with Crippen LogP contribution in [0.5, 0.6) is 0 Å². The van der Waals surface area contributed by atoms with E-state index in [1.807, 2.05) is 0 Å². The van der Waals surface area contributed by atoms with E-state index in [-0.39, 0.29) is 0 Å². The number of nitrogens with zero attached hydrogens (tertiary/aromatic N) is 1. The molecule has 0 aromatic carbocycles. The molecule has 1 aliphatic carbocycles. The molecule has 17 heavy (non-hydrogen) atoms. The van der Waals surface area contributed by atoms with Gasteiger partial charge in [-0.2, -0.15) is 0 Å². The first-order valence-corrected chi connectivity index (χ1v) is 7.48. The highest BCUT2D eigenvalue weighted by Crippen LogP contribution is 2.38. The summed E-state index contributed by atoms with van der Waals surface area (Å²) >= 11 is 0. The SMILES string of the molecule is CCCNC(CN1CC2CCC1C2)C(C)(C)C. The molecule has 1 aliphatic heterocycles. The quantitative estimate of drug-likeness (QED) is 0.792. The summed E-state index contributed by atoms with van der Waals surface area (Å²) in [7, 11) is 0. The van der Waals surface area contributed by atoms with Crippen molar-refractivity contribution in [2.75, 3.05) is 19.6 Å². The largest absolute Gasteiger partial charge is 0.312 e. The molecular weight excluding hydrogens is 208 g/mol. The maximum Gasteiger partial charge on any atom is 0.0243 e. The predicted octanol–water partition coefficient (Wildman–Crippen LogP) is 2.89. The van der Waals surface area contributed by atoms with E-state index in [1.54, 1.807) is 0 Å². The van der Waals surface area contributed by atoms with Gasteiger partial charge in [0.05, 0.1) is 0 Å². The molecule has 1 saturated heterocycles. The molecule has 2 aliphatic rings. The third kappa shape index (κ3) is 3.23. The van der Waals surface area contributed by atoms with E-state index >= 15 is 0 Å². The lowest BCUT2D eigenvalue weighted by Crippen LogP contribution is -2.50. The molecule has 2 bridgehead atoms. The summed E-state index contributed by atoms with van der Waals surface area (Å²) in [5, 5.41) is 3.75. The van der Waals surface area contributed by atoms with Crippen molar-refractivity contribution in [3.63, 3.8) is 0 Å². The van der Waals surface area contributed by atoms with E-state index in [4.69, 9.17) is 0 Å². The molecule has 0 radical (unpaired) electrons. The summed E-state index contributed by atoms with van der Waals surface area (Å²) in [5.41, 5.74) is 0.372. The molecule has 0 spiro atoms. The van der Waals surface area contributed by atoms with Crippen LogP contribution < -0.4 is 5.32 Å². The number of piperidine rings is 1. The molecule has 0 amide bonds. The summed E-state index contributed by atoms with van der Waals surface area (Å²) in [5.74, 6) is 1.02. The Morgan fingerprint density at radius 1 is 1.29 bits per heavy atom. The second-order valence-corrected chi connectivity index (χ2v) is 7.16. The Hall–Kier alpha value is -0.0800. The number of likely N-dealkylation sites (tertiary alicyclic amines) is 1. The molecule has 2 fully saturated rings. The molecular formula is C15H30N2. The molecule has 3 unspecified atom stereocenters. The lowest BCUT2D eigenvalue weighted by molar-refractivity contribution is 0.144. The lowest BCUT2D eigenvalue weighted by atomic mass is 9.86. The van der Waals surface area contributed by atoms with Crippen LogP contribution in [0.1, 0.15) is 53.4 Å². The third-order valence-electron chi connectivity index (χ3n) is 4.63. The summed E-state index contributed by atoms with van der Waals surface area (Å²) in [4.78, 5) is 2.76. The molecule has 2 rings (SSSR count). The molecule has 0 aromatic rings. The van der Waals surface area contributed by atoms with Gasteiger partial charge in [-0.15, -0.1) is 0 Å². The van der Waals surface area contributed by atoms with Gasteiger partial charge in [-0.1, -0.05) is 27.7 Å². The Morgan fingerprint density at radius 3 is 2.53 bits per heavy atom. The zero-order chi connectivity index (χ0) is 12.5. The Labute approximate surface area is 107 Å².